The van der Waals surface area contributed by atoms with Gasteiger partial charge >= 0.3 is 0 Å². The molecule has 66 heavy (non-hydrogen) atoms. The SMILES string of the molecule is CNc1nc(-c2ccc(C(C)(C)C)cc2)ncc1C(=O)N[C@@H](CCN)C(=O)N(C)[C@@H]1C(=O)N[C@@H](C)C(=O)N[C@H](C(=O)NCC#N)Cc2ccc(OCCN)c(c2)-c2cc1ccc2OCCN. The number of aromatic nitrogens is 2. The highest BCUT2D eigenvalue weighted by molar-refractivity contribution is 6.02. The van der Waals surface area contributed by atoms with Crippen molar-refractivity contribution in [3.63, 3.8) is 0 Å². The van der Waals surface area contributed by atoms with Crippen molar-refractivity contribution in [1.82, 2.24) is 36.1 Å². The highest BCUT2D eigenvalue weighted by atomic mass is 16.5. The van der Waals surface area contributed by atoms with Crippen molar-refractivity contribution in [2.45, 2.75) is 70.1 Å². The van der Waals surface area contributed by atoms with Gasteiger partial charge in [0.25, 0.3) is 5.91 Å². The Morgan fingerprint density at radius 3 is 2.18 bits per heavy atom. The molecule has 0 unspecified atom stereocenters. The fourth-order valence-electron chi connectivity index (χ4n) is 7.36. The molecule has 1 aliphatic heterocycles. The highest BCUT2D eigenvalue weighted by Crippen LogP contribution is 2.40. The third-order valence-corrected chi connectivity index (χ3v) is 10.9. The molecule has 11 N–H and O–H groups in total. The fourth-order valence-corrected chi connectivity index (χ4v) is 7.36. The molecule has 4 bridgehead atoms. The molecular formula is C47H60N12O7. The van der Waals surface area contributed by atoms with Gasteiger partial charge in [-0.25, -0.2) is 9.97 Å². The molecule has 3 aromatic carbocycles. The van der Waals surface area contributed by atoms with E-state index in [2.05, 4.69) is 57.3 Å². The Bertz CT molecular complexity index is 2430. The average molecular weight is 905 g/mol. The summed E-state index contributed by atoms with van der Waals surface area (Å²) in [6, 6.07) is 14.8. The van der Waals surface area contributed by atoms with Crippen molar-refractivity contribution in [2.24, 2.45) is 17.2 Å². The minimum Gasteiger partial charge on any atom is -0.492 e. The Labute approximate surface area is 384 Å². The quantitative estimate of drug-likeness (QED) is 0.0743. The molecule has 4 atom stereocenters. The number of nitrogens with zero attached hydrogens (tertiary/aromatic N) is 4. The molecule has 0 aliphatic carbocycles. The minimum absolute atomic E-state index is 0.00182. The number of carbonyl (C=O) groups excluding carboxylic acids is 5. The number of nitrogens with two attached hydrogens (primary N) is 3. The second kappa shape index (κ2) is 22.7. The molecule has 4 aromatic rings. The summed E-state index contributed by atoms with van der Waals surface area (Å²) in [7, 11) is 3.02. The zero-order chi connectivity index (χ0) is 48.1. The van der Waals surface area contributed by atoms with Gasteiger partial charge in [0, 0.05) is 56.5 Å². The molecule has 0 saturated carbocycles. The van der Waals surface area contributed by atoms with Crippen LogP contribution in [0.1, 0.15) is 67.2 Å². The van der Waals surface area contributed by atoms with Crippen molar-refractivity contribution in [3.05, 3.63) is 89.1 Å². The van der Waals surface area contributed by atoms with Gasteiger partial charge in [-0.1, -0.05) is 57.2 Å². The lowest BCUT2D eigenvalue weighted by Crippen LogP contribution is -2.56. The normalized spacial score (nSPS) is 16.6. The molecule has 5 rings (SSSR count). The van der Waals surface area contributed by atoms with Crippen LogP contribution in [0, 0.1) is 11.3 Å². The number of anilines is 1. The van der Waals surface area contributed by atoms with Crippen LogP contribution in [0.15, 0.2) is 66.9 Å². The van der Waals surface area contributed by atoms with E-state index in [0.717, 1.165) is 11.1 Å². The number of carbonyl (C=O) groups is 5. The van der Waals surface area contributed by atoms with Crippen LogP contribution in [0.5, 0.6) is 11.5 Å². The summed E-state index contributed by atoms with van der Waals surface area (Å²) in [5.41, 5.74) is 21.4. The summed E-state index contributed by atoms with van der Waals surface area (Å²) >= 11 is 0. The molecular weight excluding hydrogens is 845 g/mol. The number of ether oxygens (including phenoxy) is 2. The fraction of sp³-hybridized carbons (Fsp3) is 0.404. The van der Waals surface area contributed by atoms with Crippen molar-refractivity contribution < 1.29 is 33.4 Å². The number of fused-ring (bicyclic) bond motifs is 5. The molecule has 19 nitrogen and oxygen atoms in total. The van der Waals surface area contributed by atoms with E-state index in [0.29, 0.717) is 39.6 Å². The Hall–Kier alpha value is -7.14. The molecule has 19 heteroatoms. The summed E-state index contributed by atoms with van der Waals surface area (Å²) in [6.45, 7) is 8.12. The summed E-state index contributed by atoms with van der Waals surface area (Å²) in [5, 5.41) is 22.8. The second-order valence-electron chi connectivity index (χ2n) is 16.7. The summed E-state index contributed by atoms with van der Waals surface area (Å²) in [4.78, 5) is 80.6. The van der Waals surface area contributed by atoms with Gasteiger partial charge in [0.2, 0.25) is 23.6 Å². The van der Waals surface area contributed by atoms with Crippen LogP contribution in [0.4, 0.5) is 5.82 Å². The lowest BCUT2D eigenvalue weighted by molar-refractivity contribution is -0.141. The van der Waals surface area contributed by atoms with Gasteiger partial charge in [-0.05, 0) is 66.3 Å². The zero-order valence-electron chi connectivity index (χ0n) is 38.2. The molecule has 1 aliphatic rings. The molecule has 350 valence electrons. The first-order valence-electron chi connectivity index (χ1n) is 21.7. The maximum Gasteiger partial charge on any atom is 0.257 e. The highest BCUT2D eigenvalue weighted by Gasteiger charge is 2.36. The van der Waals surface area contributed by atoms with E-state index in [1.807, 2.05) is 30.3 Å². The van der Waals surface area contributed by atoms with Crippen LogP contribution < -0.4 is 53.3 Å². The van der Waals surface area contributed by atoms with E-state index in [9.17, 15) is 24.0 Å². The van der Waals surface area contributed by atoms with Crippen molar-refractivity contribution in [3.8, 4) is 40.1 Å². The maximum atomic E-state index is 14.7. The first-order chi connectivity index (χ1) is 31.5. The molecule has 0 spiro atoms. The maximum absolute atomic E-state index is 14.7. The van der Waals surface area contributed by atoms with E-state index in [4.69, 9.17) is 31.9 Å². The summed E-state index contributed by atoms with van der Waals surface area (Å²) in [6.07, 6.45) is 1.36. The number of hydrogen-bond acceptors (Lipinski definition) is 14. The Morgan fingerprint density at radius 1 is 0.924 bits per heavy atom. The lowest BCUT2D eigenvalue weighted by atomic mass is 9.87. The molecule has 0 fully saturated rings. The van der Waals surface area contributed by atoms with Crippen molar-refractivity contribution >= 4 is 35.4 Å². The summed E-state index contributed by atoms with van der Waals surface area (Å²) in [5.74, 6) is -2.08. The van der Waals surface area contributed by atoms with Crippen LogP contribution >= 0.6 is 0 Å². The van der Waals surface area contributed by atoms with E-state index >= 15 is 0 Å². The number of amides is 5. The molecule has 0 radical (unpaired) electrons. The Morgan fingerprint density at radius 2 is 1.58 bits per heavy atom. The van der Waals surface area contributed by atoms with Gasteiger partial charge in [0.05, 0.1) is 6.07 Å². The predicted octanol–water partition coefficient (Wildman–Crippen LogP) is 1.66. The molecule has 0 saturated heterocycles. The van der Waals surface area contributed by atoms with Gasteiger partial charge < -0.3 is 58.2 Å². The van der Waals surface area contributed by atoms with Gasteiger partial charge in [-0.2, -0.15) is 5.26 Å². The van der Waals surface area contributed by atoms with Gasteiger partial charge in [-0.15, -0.1) is 0 Å². The number of nitriles is 1. The van der Waals surface area contributed by atoms with E-state index < -0.39 is 53.7 Å². The Kier molecular flexibility index (Phi) is 17.1. The third kappa shape index (κ3) is 12.1. The third-order valence-electron chi connectivity index (χ3n) is 10.9. The zero-order valence-corrected chi connectivity index (χ0v) is 38.2. The van der Waals surface area contributed by atoms with Gasteiger partial charge in [0.15, 0.2) is 5.82 Å². The number of hydrogen-bond donors (Lipinski definition) is 8. The van der Waals surface area contributed by atoms with Gasteiger partial charge in [0.1, 0.15) is 66.8 Å². The second-order valence-corrected chi connectivity index (χ2v) is 16.7. The average Bonchev–Trinajstić information content (AvgIpc) is 3.30. The lowest BCUT2D eigenvalue weighted by Gasteiger charge is -2.32. The Balaban J connectivity index is 1.57. The van der Waals surface area contributed by atoms with Crippen LogP contribution in [-0.2, 0) is 31.0 Å². The molecule has 1 aromatic heterocycles. The van der Waals surface area contributed by atoms with Crippen molar-refractivity contribution in [1.29, 1.82) is 5.26 Å². The monoisotopic (exact) mass is 904 g/mol. The van der Waals surface area contributed by atoms with Gasteiger partial charge in [-0.3, -0.25) is 24.0 Å². The molecule has 5 amide bonds. The largest absolute Gasteiger partial charge is 0.492 e. The number of nitrogens with one attached hydrogen (secondary N) is 5. The number of likely N-dealkylation sites (N-methyl/N-ethyl adjacent to an activating group) is 1. The number of benzene rings is 3. The van der Waals surface area contributed by atoms with Crippen LogP contribution in [0.2, 0.25) is 0 Å². The smallest absolute Gasteiger partial charge is 0.257 e. The topological polar surface area (TPSA) is 295 Å². The van der Waals surface area contributed by atoms with Crippen LogP contribution in [0.3, 0.4) is 0 Å². The first-order valence-corrected chi connectivity index (χ1v) is 21.7. The predicted molar refractivity (Wildman–Crippen MR) is 249 cm³/mol. The number of rotatable bonds is 16. The molecule has 2 heterocycles. The van der Waals surface area contributed by atoms with E-state index in [1.165, 1.54) is 25.1 Å². The van der Waals surface area contributed by atoms with Crippen molar-refractivity contribution in [2.75, 3.05) is 58.8 Å². The summed E-state index contributed by atoms with van der Waals surface area (Å²) < 4.78 is 12.2. The minimum atomic E-state index is -1.42. The standard InChI is InChI=1S/C47H60N12O7/c1-27-42(60)57-36(44(62)53-20-17-49)24-28-7-13-37(65-21-18-50)32(23-28)33-25-30(10-14-38(33)66-22-19-51)39(45(63)55-27)59(6)46(64)35(15-16-48)56-43(61)34-26-54-40(58-41(34)52-5)29-8-11-31(12-9-29)47(2,3)4/h7-14,23,25-27,35-36,39H,15-16,18-22,24,48,50-51H2,1-6H3,(H,53,62)(H,55,63)(H,56,61)(H,57,60)(H,52,54,58)/t27-,35-,36-,39-/m0/s1. The van der Waals surface area contributed by atoms with E-state index in [1.54, 1.807) is 43.4 Å². The first kappa shape index (κ1) is 49.9. The van der Waals surface area contributed by atoms with Crippen LogP contribution in [-0.4, -0.2) is 116 Å². The van der Waals surface area contributed by atoms with Crippen LogP contribution in [0.25, 0.3) is 22.5 Å². The van der Waals surface area contributed by atoms with E-state index in [-0.39, 0.29) is 69.0 Å².